The predicted octanol–water partition coefficient (Wildman–Crippen LogP) is 4.95. The Bertz CT molecular complexity index is 398. The van der Waals surface area contributed by atoms with Gasteiger partial charge in [-0.25, -0.2) is 0 Å². The molecule has 0 aliphatic heterocycles. The third kappa shape index (κ3) is 5.39. The zero-order valence-corrected chi connectivity index (χ0v) is 16.9. The minimum atomic E-state index is -2.53. The van der Waals surface area contributed by atoms with Crippen molar-refractivity contribution in [1.82, 2.24) is 4.98 Å². The number of unbranched alkanes of at least 4 members (excludes halogenated alkanes) is 3. The van der Waals surface area contributed by atoms with E-state index in [1.165, 1.54) is 55.5 Å². The molecular weight excluding hydrogens is 365 g/mol. The van der Waals surface area contributed by atoms with Gasteiger partial charge in [0.05, 0.1) is 0 Å². The molecule has 1 aromatic rings. The van der Waals surface area contributed by atoms with Crippen molar-refractivity contribution in [2.75, 3.05) is 0 Å². The second kappa shape index (κ2) is 10.4. The molecule has 1 heterocycles. The third-order valence-corrected chi connectivity index (χ3v) is 19.8. The average Bonchev–Trinajstić information content (AvgIpc) is 2.54. The molecule has 0 spiro atoms. The van der Waals surface area contributed by atoms with Gasteiger partial charge in [0.2, 0.25) is 0 Å². The quantitative estimate of drug-likeness (QED) is 0.392. The van der Waals surface area contributed by atoms with Crippen LogP contribution in [-0.4, -0.2) is 29.6 Å². The number of aromatic nitrogens is 1. The molecule has 0 aliphatic carbocycles. The van der Waals surface area contributed by atoms with Gasteiger partial charge in [-0.1, -0.05) is 0 Å². The van der Waals surface area contributed by atoms with Gasteiger partial charge in [0, 0.05) is 0 Å². The molecule has 0 aliphatic rings. The van der Waals surface area contributed by atoms with Crippen LogP contribution in [-0.2, 0) is 0 Å². The molecule has 21 heavy (non-hydrogen) atoms. The van der Waals surface area contributed by atoms with Crippen molar-refractivity contribution in [3.63, 3.8) is 0 Å². The fourth-order valence-electron chi connectivity index (χ4n) is 3.23. The summed E-state index contributed by atoms with van der Waals surface area (Å²) in [7, 11) is 0. The molecule has 0 saturated heterocycles. The van der Waals surface area contributed by atoms with Crippen LogP contribution in [0.4, 0.5) is 0 Å². The van der Waals surface area contributed by atoms with Gasteiger partial charge < -0.3 is 0 Å². The van der Waals surface area contributed by atoms with Crippen molar-refractivity contribution in [2.24, 2.45) is 0 Å². The van der Waals surface area contributed by atoms with E-state index >= 15 is 0 Å². The standard InChI is InChI=1S/C6H4NO.3C4H9.Sn/c8-5-6-2-1-3-7-4-6;3*1-3-4-2;/h1-3,5H;3*1,3-4H2,2H3;. The second-order valence-electron chi connectivity index (χ2n) is 6.15. The number of nitrogens with zero attached hydrogens (tertiary/aromatic N) is 1. The van der Waals surface area contributed by atoms with Crippen LogP contribution in [0.25, 0.3) is 0 Å². The van der Waals surface area contributed by atoms with Gasteiger partial charge in [0.25, 0.3) is 0 Å². The van der Waals surface area contributed by atoms with E-state index in [0.717, 1.165) is 11.8 Å². The SMILES string of the molecule is CCC[CH2][Sn]([CH2]CCC)([CH2]CCC)[c]1ncccc1C=O. The Morgan fingerprint density at radius 1 is 1.00 bits per heavy atom. The van der Waals surface area contributed by atoms with E-state index in [9.17, 15) is 4.79 Å². The van der Waals surface area contributed by atoms with Crippen molar-refractivity contribution in [2.45, 2.75) is 72.6 Å². The van der Waals surface area contributed by atoms with E-state index in [4.69, 9.17) is 4.98 Å². The number of carbonyl (C=O) groups is 1. The summed E-state index contributed by atoms with van der Waals surface area (Å²) in [6.07, 6.45) is 10.6. The number of hydrogen-bond acceptors (Lipinski definition) is 2. The van der Waals surface area contributed by atoms with Crippen LogP contribution in [0.3, 0.4) is 0 Å². The molecule has 0 N–H and O–H groups in total. The number of hydrogen-bond donors (Lipinski definition) is 0. The van der Waals surface area contributed by atoms with Crippen molar-refractivity contribution in [3.05, 3.63) is 23.9 Å². The molecule has 2 nitrogen and oxygen atoms in total. The Labute approximate surface area is 134 Å². The average molecular weight is 396 g/mol. The van der Waals surface area contributed by atoms with E-state index in [2.05, 4.69) is 20.8 Å². The van der Waals surface area contributed by atoms with E-state index in [1.54, 1.807) is 0 Å². The van der Waals surface area contributed by atoms with Gasteiger partial charge in [-0.15, -0.1) is 0 Å². The molecule has 0 fully saturated rings. The predicted molar refractivity (Wildman–Crippen MR) is 94.2 cm³/mol. The summed E-state index contributed by atoms with van der Waals surface area (Å²) < 4.78 is 5.35. The minimum absolute atomic E-state index is 0.886. The van der Waals surface area contributed by atoms with E-state index in [-0.39, 0.29) is 0 Å². The van der Waals surface area contributed by atoms with Crippen LogP contribution in [0.1, 0.15) is 69.7 Å². The fraction of sp³-hybridized carbons (Fsp3) is 0.667. The Morgan fingerprint density at radius 2 is 1.52 bits per heavy atom. The van der Waals surface area contributed by atoms with E-state index in [0.29, 0.717) is 0 Å². The maximum atomic E-state index is 11.5. The number of rotatable bonds is 11. The normalized spacial score (nSPS) is 11.6. The monoisotopic (exact) mass is 397 g/mol. The van der Waals surface area contributed by atoms with Crippen molar-refractivity contribution >= 4 is 28.4 Å². The summed E-state index contributed by atoms with van der Waals surface area (Å²) in [6.45, 7) is 6.82. The maximum absolute atomic E-state index is 11.5. The van der Waals surface area contributed by atoms with Crippen LogP contribution in [0.15, 0.2) is 18.3 Å². The summed E-state index contributed by atoms with van der Waals surface area (Å²) in [5.41, 5.74) is 0.886. The topological polar surface area (TPSA) is 30.0 Å². The van der Waals surface area contributed by atoms with Gasteiger partial charge in [0.1, 0.15) is 0 Å². The first-order valence-corrected chi connectivity index (χ1v) is 16.1. The van der Waals surface area contributed by atoms with Gasteiger partial charge in [-0.2, -0.15) is 0 Å². The molecule has 0 atom stereocenters. The first kappa shape index (κ1) is 18.7. The summed E-state index contributed by atoms with van der Waals surface area (Å²) in [6, 6.07) is 3.88. The molecule has 1 rings (SSSR count). The van der Waals surface area contributed by atoms with Gasteiger partial charge >= 0.3 is 135 Å². The van der Waals surface area contributed by atoms with Crippen LogP contribution in [0.5, 0.6) is 0 Å². The molecule has 0 aromatic carbocycles. The molecule has 118 valence electrons. The fourth-order valence-corrected chi connectivity index (χ4v) is 19.4. The molecular formula is C18H31NOSn. The Morgan fingerprint density at radius 3 is 1.95 bits per heavy atom. The second-order valence-corrected chi connectivity index (χ2v) is 19.1. The molecule has 0 bridgehead atoms. The van der Waals surface area contributed by atoms with Crippen LogP contribution < -0.4 is 3.71 Å². The number of pyridine rings is 1. The van der Waals surface area contributed by atoms with E-state index < -0.39 is 18.4 Å². The summed E-state index contributed by atoms with van der Waals surface area (Å²) in [4.78, 5) is 16.2. The van der Waals surface area contributed by atoms with Crippen LogP contribution in [0, 0.1) is 0 Å². The van der Waals surface area contributed by atoms with Crippen molar-refractivity contribution < 1.29 is 4.79 Å². The Hall–Kier alpha value is -0.381. The summed E-state index contributed by atoms with van der Waals surface area (Å²) >= 11 is -2.53. The zero-order valence-electron chi connectivity index (χ0n) is 14.0. The first-order chi connectivity index (χ1) is 10.2. The number of aldehydes is 1. The summed E-state index contributed by atoms with van der Waals surface area (Å²) in [5, 5.41) is 0. The van der Waals surface area contributed by atoms with Crippen molar-refractivity contribution in [1.29, 1.82) is 0 Å². The molecule has 0 radical (unpaired) electrons. The molecule has 0 saturated carbocycles. The van der Waals surface area contributed by atoms with Gasteiger partial charge in [-0.05, 0) is 0 Å². The Kier molecular flexibility index (Phi) is 9.21. The molecule has 0 amide bonds. The van der Waals surface area contributed by atoms with Crippen LogP contribution in [0.2, 0.25) is 13.3 Å². The van der Waals surface area contributed by atoms with Gasteiger partial charge in [-0.3, -0.25) is 0 Å². The molecule has 0 unspecified atom stereocenters. The summed E-state index contributed by atoms with van der Waals surface area (Å²) in [5.74, 6) is 0. The Balaban J connectivity index is 3.19. The molecule has 1 aromatic heterocycles. The molecule has 3 heteroatoms. The number of carbonyl (C=O) groups excluding carboxylic acids is 1. The van der Waals surface area contributed by atoms with Crippen molar-refractivity contribution in [3.8, 4) is 0 Å². The van der Waals surface area contributed by atoms with E-state index in [1.807, 2.05) is 18.3 Å². The third-order valence-electron chi connectivity index (χ3n) is 4.49. The first-order valence-electron chi connectivity index (χ1n) is 8.64. The van der Waals surface area contributed by atoms with Gasteiger partial charge in [0.15, 0.2) is 0 Å². The zero-order chi connectivity index (χ0) is 15.6. The van der Waals surface area contributed by atoms with Crippen LogP contribution >= 0.6 is 0 Å².